The predicted octanol–water partition coefficient (Wildman–Crippen LogP) is 5.23. The van der Waals surface area contributed by atoms with Crippen LogP contribution in [0.1, 0.15) is 4.88 Å². The summed E-state index contributed by atoms with van der Waals surface area (Å²) in [4.78, 5) is 3.27. The third-order valence-corrected chi connectivity index (χ3v) is 5.15. The van der Waals surface area contributed by atoms with E-state index in [9.17, 15) is 0 Å². The maximum absolute atomic E-state index is 6.45. The summed E-state index contributed by atoms with van der Waals surface area (Å²) in [7, 11) is 4.08. The van der Waals surface area contributed by atoms with Crippen LogP contribution in [0.5, 0.6) is 0 Å². The zero-order chi connectivity index (χ0) is 14.8. The Labute approximate surface area is 134 Å². The van der Waals surface area contributed by atoms with E-state index in [1.807, 2.05) is 26.2 Å². The maximum Gasteiger partial charge on any atom is 0.0642 e. The number of anilines is 2. The largest absolute Gasteiger partial charge is 0.380 e. The SMILES string of the molecule is CN(C)c1ccc(NCc2sc3ccccc3c2Cl)cc1. The van der Waals surface area contributed by atoms with E-state index in [0.717, 1.165) is 22.6 Å². The lowest BCUT2D eigenvalue weighted by Crippen LogP contribution is -2.08. The number of fused-ring (bicyclic) bond motifs is 1. The highest BCUT2D eigenvalue weighted by Crippen LogP contribution is 2.35. The standard InChI is InChI=1S/C17H17ClN2S/c1-20(2)13-9-7-12(8-10-13)19-11-16-17(18)14-5-3-4-6-15(14)21-16/h3-10,19H,11H2,1-2H3. The van der Waals surface area contributed by atoms with Crippen molar-refractivity contribution in [2.75, 3.05) is 24.3 Å². The first kappa shape index (κ1) is 14.2. The van der Waals surface area contributed by atoms with E-state index in [-0.39, 0.29) is 0 Å². The molecule has 1 N–H and O–H groups in total. The molecule has 0 bridgehead atoms. The lowest BCUT2D eigenvalue weighted by Gasteiger charge is -2.13. The molecule has 0 aliphatic carbocycles. The van der Waals surface area contributed by atoms with Gasteiger partial charge in [0.15, 0.2) is 0 Å². The first-order valence-corrected chi connectivity index (χ1v) is 8.02. The smallest absolute Gasteiger partial charge is 0.0642 e. The molecule has 3 rings (SSSR count). The average molecular weight is 317 g/mol. The van der Waals surface area contributed by atoms with E-state index in [1.54, 1.807) is 11.3 Å². The van der Waals surface area contributed by atoms with Crippen molar-refractivity contribution < 1.29 is 0 Å². The van der Waals surface area contributed by atoms with Crippen LogP contribution in [0.25, 0.3) is 10.1 Å². The highest BCUT2D eigenvalue weighted by atomic mass is 35.5. The summed E-state index contributed by atoms with van der Waals surface area (Å²) in [6.45, 7) is 0.749. The fourth-order valence-corrected chi connectivity index (χ4v) is 3.68. The van der Waals surface area contributed by atoms with Crippen LogP contribution in [0.3, 0.4) is 0 Å². The van der Waals surface area contributed by atoms with Gasteiger partial charge in [-0.3, -0.25) is 0 Å². The summed E-state index contributed by atoms with van der Waals surface area (Å²) >= 11 is 8.20. The normalized spacial score (nSPS) is 10.8. The third-order valence-electron chi connectivity index (χ3n) is 3.44. The van der Waals surface area contributed by atoms with Gasteiger partial charge in [0.05, 0.1) is 11.6 Å². The van der Waals surface area contributed by atoms with Gasteiger partial charge in [0, 0.05) is 40.4 Å². The minimum atomic E-state index is 0.749. The van der Waals surface area contributed by atoms with Crippen LogP contribution in [0, 0.1) is 0 Å². The Morgan fingerprint density at radius 2 is 1.76 bits per heavy atom. The number of halogens is 1. The van der Waals surface area contributed by atoms with E-state index in [1.165, 1.54) is 15.3 Å². The molecule has 0 unspecified atom stereocenters. The average Bonchev–Trinajstić information content (AvgIpc) is 2.82. The van der Waals surface area contributed by atoms with Gasteiger partial charge in [0.2, 0.25) is 0 Å². The Morgan fingerprint density at radius 1 is 1.05 bits per heavy atom. The lowest BCUT2D eigenvalue weighted by molar-refractivity contribution is 1.13. The molecule has 1 heterocycles. The van der Waals surface area contributed by atoms with Crippen molar-refractivity contribution in [3.63, 3.8) is 0 Å². The number of hydrogen-bond acceptors (Lipinski definition) is 3. The molecule has 108 valence electrons. The van der Waals surface area contributed by atoms with E-state index in [4.69, 9.17) is 11.6 Å². The van der Waals surface area contributed by atoms with Crippen LogP contribution >= 0.6 is 22.9 Å². The Morgan fingerprint density at radius 3 is 2.43 bits per heavy atom. The summed E-state index contributed by atoms with van der Waals surface area (Å²) < 4.78 is 1.24. The molecular formula is C17H17ClN2S. The second-order valence-electron chi connectivity index (χ2n) is 5.13. The van der Waals surface area contributed by atoms with Gasteiger partial charge < -0.3 is 10.2 Å². The molecule has 0 saturated heterocycles. The van der Waals surface area contributed by atoms with Crippen molar-refractivity contribution in [2.24, 2.45) is 0 Å². The van der Waals surface area contributed by atoms with Gasteiger partial charge >= 0.3 is 0 Å². The number of benzene rings is 2. The van der Waals surface area contributed by atoms with Crippen LogP contribution in [0.4, 0.5) is 11.4 Å². The molecule has 0 atom stereocenters. The molecule has 3 aromatic rings. The summed E-state index contributed by atoms with van der Waals surface area (Å²) in [6.07, 6.45) is 0. The molecule has 2 aromatic carbocycles. The molecule has 0 aliphatic heterocycles. The van der Waals surface area contributed by atoms with Crippen molar-refractivity contribution in [3.05, 3.63) is 58.4 Å². The number of rotatable bonds is 4. The highest BCUT2D eigenvalue weighted by molar-refractivity contribution is 7.19. The Kier molecular flexibility index (Phi) is 4.04. The molecule has 1 aromatic heterocycles. The van der Waals surface area contributed by atoms with Crippen LogP contribution in [-0.4, -0.2) is 14.1 Å². The van der Waals surface area contributed by atoms with Crippen molar-refractivity contribution in [1.29, 1.82) is 0 Å². The third kappa shape index (κ3) is 2.99. The topological polar surface area (TPSA) is 15.3 Å². The van der Waals surface area contributed by atoms with Crippen LogP contribution in [0.2, 0.25) is 5.02 Å². The summed E-state index contributed by atoms with van der Waals surface area (Å²) in [5.74, 6) is 0. The van der Waals surface area contributed by atoms with E-state index < -0.39 is 0 Å². The minimum absolute atomic E-state index is 0.749. The van der Waals surface area contributed by atoms with Crippen LogP contribution < -0.4 is 10.2 Å². The zero-order valence-corrected chi connectivity index (χ0v) is 13.6. The summed E-state index contributed by atoms with van der Waals surface area (Å²) in [5.41, 5.74) is 2.30. The molecule has 0 fully saturated rings. The molecule has 4 heteroatoms. The lowest BCUT2D eigenvalue weighted by atomic mass is 10.2. The van der Waals surface area contributed by atoms with E-state index in [2.05, 4.69) is 46.6 Å². The van der Waals surface area contributed by atoms with Crippen molar-refractivity contribution in [2.45, 2.75) is 6.54 Å². The molecule has 2 nitrogen and oxygen atoms in total. The second kappa shape index (κ2) is 5.96. The second-order valence-corrected chi connectivity index (χ2v) is 6.64. The molecule has 0 amide bonds. The number of nitrogens with zero attached hydrogens (tertiary/aromatic N) is 1. The maximum atomic E-state index is 6.45. The van der Waals surface area contributed by atoms with Crippen molar-refractivity contribution in [1.82, 2.24) is 0 Å². The first-order chi connectivity index (χ1) is 10.1. The van der Waals surface area contributed by atoms with Gasteiger partial charge in [0.1, 0.15) is 0 Å². The molecule has 21 heavy (non-hydrogen) atoms. The van der Waals surface area contributed by atoms with Crippen molar-refractivity contribution in [3.8, 4) is 0 Å². The zero-order valence-electron chi connectivity index (χ0n) is 12.1. The Hall–Kier alpha value is -1.71. The van der Waals surface area contributed by atoms with Gasteiger partial charge in [0.25, 0.3) is 0 Å². The first-order valence-electron chi connectivity index (χ1n) is 6.82. The van der Waals surface area contributed by atoms with E-state index >= 15 is 0 Å². The minimum Gasteiger partial charge on any atom is -0.380 e. The Bertz CT molecular complexity index is 747. The van der Waals surface area contributed by atoms with Gasteiger partial charge in [-0.2, -0.15) is 0 Å². The summed E-state index contributed by atoms with van der Waals surface area (Å²) in [6, 6.07) is 16.7. The van der Waals surface area contributed by atoms with E-state index in [0.29, 0.717) is 0 Å². The molecule has 0 spiro atoms. The fourth-order valence-electron chi connectivity index (χ4n) is 2.24. The Balaban J connectivity index is 1.75. The molecule has 0 radical (unpaired) electrons. The monoisotopic (exact) mass is 316 g/mol. The van der Waals surface area contributed by atoms with Crippen LogP contribution in [-0.2, 0) is 6.54 Å². The van der Waals surface area contributed by atoms with Gasteiger partial charge in [-0.1, -0.05) is 29.8 Å². The molecule has 0 aliphatic rings. The number of nitrogens with one attached hydrogen (secondary N) is 1. The van der Waals surface area contributed by atoms with Crippen LogP contribution in [0.15, 0.2) is 48.5 Å². The van der Waals surface area contributed by atoms with Gasteiger partial charge in [-0.15, -0.1) is 11.3 Å². The summed E-state index contributed by atoms with van der Waals surface area (Å²) in [5, 5.41) is 5.45. The highest BCUT2D eigenvalue weighted by Gasteiger charge is 2.09. The molecule has 0 saturated carbocycles. The molecular weight excluding hydrogens is 300 g/mol. The van der Waals surface area contributed by atoms with Gasteiger partial charge in [-0.25, -0.2) is 0 Å². The van der Waals surface area contributed by atoms with Crippen molar-refractivity contribution >= 4 is 44.4 Å². The fraction of sp³-hybridized carbons (Fsp3) is 0.176. The number of hydrogen-bond donors (Lipinski definition) is 1. The quantitative estimate of drug-likeness (QED) is 0.708. The number of thiophene rings is 1. The van der Waals surface area contributed by atoms with Gasteiger partial charge in [-0.05, 0) is 30.3 Å². The predicted molar refractivity (Wildman–Crippen MR) is 94.9 cm³/mol.